The lowest BCUT2D eigenvalue weighted by molar-refractivity contribution is -0.384. The van der Waals surface area contributed by atoms with E-state index in [9.17, 15) is 37.7 Å². The van der Waals surface area contributed by atoms with Crippen LogP contribution in [0.15, 0.2) is 42.5 Å². The highest BCUT2D eigenvalue weighted by Gasteiger charge is 2.31. The maximum atomic E-state index is 12.8. The first-order valence-corrected chi connectivity index (χ1v) is 9.70. The van der Waals surface area contributed by atoms with Crippen LogP contribution in [0.2, 0.25) is 5.02 Å². The number of benzene rings is 2. The molecule has 2 rings (SSSR count). The number of hydrogen-bond donors (Lipinski definition) is 2. The average molecular weight is 488 g/mol. The molecule has 33 heavy (non-hydrogen) atoms. The Morgan fingerprint density at radius 3 is 2.42 bits per heavy atom. The molecule has 2 aromatic rings. The van der Waals surface area contributed by atoms with E-state index in [1.165, 1.54) is 18.2 Å². The van der Waals surface area contributed by atoms with Crippen molar-refractivity contribution in [1.82, 2.24) is 0 Å². The zero-order valence-corrected chi connectivity index (χ0v) is 17.5. The molecule has 13 heteroatoms. The van der Waals surface area contributed by atoms with E-state index in [0.29, 0.717) is 6.07 Å². The molecule has 2 aromatic carbocycles. The number of nitro benzene ring substituents is 1. The molecule has 0 aliphatic rings. The lowest BCUT2D eigenvalue weighted by atomic mass is 10.2. The molecule has 2 N–H and O–H groups in total. The molecule has 0 radical (unpaired) electrons. The minimum atomic E-state index is -4.60. The predicted octanol–water partition coefficient (Wildman–Crippen LogP) is 4.56. The van der Waals surface area contributed by atoms with Gasteiger partial charge in [-0.2, -0.15) is 13.2 Å². The molecule has 0 aliphatic carbocycles. The number of nitro groups is 1. The Hall–Kier alpha value is -3.67. The van der Waals surface area contributed by atoms with Gasteiger partial charge in [-0.15, -0.1) is 0 Å². The Bertz CT molecular complexity index is 1060. The van der Waals surface area contributed by atoms with E-state index in [4.69, 9.17) is 16.3 Å². The van der Waals surface area contributed by atoms with Crippen LogP contribution in [0.4, 0.5) is 30.2 Å². The van der Waals surface area contributed by atoms with Crippen molar-refractivity contribution in [2.75, 3.05) is 17.2 Å². The number of halogens is 4. The van der Waals surface area contributed by atoms with Gasteiger partial charge in [-0.1, -0.05) is 17.7 Å². The highest BCUT2D eigenvalue weighted by molar-refractivity contribution is 6.33. The minimum absolute atomic E-state index is 0.00768. The molecule has 0 atom stereocenters. The molecule has 0 aromatic heterocycles. The van der Waals surface area contributed by atoms with Crippen LogP contribution in [-0.2, 0) is 25.3 Å². The van der Waals surface area contributed by atoms with E-state index < -0.39 is 41.1 Å². The smallest absolute Gasteiger partial charge is 0.416 e. The second kappa shape index (κ2) is 11.3. The number of carbonyl (C=O) groups excluding carboxylic acids is 3. The van der Waals surface area contributed by atoms with E-state index in [1.54, 1.807) is 0 Å². The topological polar surface area (TPSA) is 128 Å². The standard InChI is InChI=1S/C20H17ClF3N3O6/c21-15-8-7-12(20(22,23)24)9-16(15)26-17(28)5-2-6-19(30)33-11-18(29)25-13-3-1-4-14(10-13)27(31)32/h1,3-4,7-10H,2,5-6,11H2,(H,25,29)(H,26,28). The zero-order valence-electron chi connectivity index (χ0n) is 16.8. The number of nitrogens with zero attached hydrogens (tertiary/aromatic N) is 1. The van der Waals surface area contributed by atoms with Crippen molar-refractivity contribution in [3.63, 3.8) is 0 Å². The molecule has 2 amide bonds. The molecule has 0 spiro atoms. The van der Waals surface area contributed by atoms with Crippen molar-refractivity contribution < 1.29 is 37.2 Å². The number of rotatable bonds is 9. The van der Waals surface area contributed by atoms with Gasteiger partial charge in [0.1, 0.15) is 0 Å². The van der Waals surface area contributed by atoms with Crippen molar-refractivity contribution >= 4 is 46.4 Å². The third kappa shape index (κ3) is 8.41. The molecule has 0 bridgehead atoms. The van der Waals surface area contributed by atoms with Gasteiger partial charge in [0.05, 0.1) is 21.2 Å². The van der Waals surface area contributed by atoms with Crippen molar-refractivity contribution in [2.45, 2.75) is 25.4 Å². The molecule has 0 fully saturated rings. The van der Waals surface area contributed by atoms with Gasteiger partial charge in [0.15, 0.2) is 6.61 Å². The van der Waals surface area contributed by atoms with Crippen LogP contribution >= 0.6 is 11.6 Å². The second-order valence-corrected chi connectivity index (χ2v) is 7.02. The number of hydrogen-bond acceptors (Lipinski definition) is 6. The number of anilines is 2. The van der Waals surface area contributed by atoms with Gasteiger partial charge in [0.25, 0.3) is 11.6 Å². The van der Waals surface area contributed by atoms with Crippen LogP contribution in [0, 0.1) is 10.1 Å². The number of non-ortho nitro benzene ring substituents is 1. The van der Waals surface area contributed by atoms with E-state index in [1.807, 2.05) is 0 Å². The number of ether oxygens (including phenoxy) is 1. The van der Waals surface area contributed by atoms with Crippen LogP contribution in [0.5, 0.6) is 0 Å². The van der Waals surface area contributed by atoms with Crippen molar-refractivity contribution in [1.29, 1.82) is 0 Å². The zero-order chi connectivity index (χ0) is 24.6. The summed E-state index contributed by atoms with van der Waals surface area (Å²) in [5, 5.41) is 15.2. The second-order valence-electron chi connectivity index (χ2n) is 6.61. The predicted molar refractivity (Wildman–Crippen MR) is 112 cm³/mol. The Labute approximate surface area is 190 Å². The van der Waals surface area contributed by atoms with Crippen LogP contribution in [0.1, 0.15) is 24.8 Å². The highest BCUT2D eigenvalue weighted by atomic mass is 35.5. The summed E-state index contributed by atoms with van der Waals surface area (Å²) in [6.07, 6.45) is -5.03. The van der Waals surface area contributed by atoms with Gasteiger partial charge < -0.3 is 15.4 Å². The third-order valence-electron chi connectivity index (χ3n) is 4.06. The Morgan fingerprint density at radius 2 is 1.76 bits per heavy atom. The lowest BCUT2D eigenvalue weighted by Gasteiger charge is -2.11. The molecule has 0 saturated heterocycles. The summed E-state index contributed by atoms with van der Waals surface area (Å²) >= 11 is 5.80. The fourth-order valence-electron chi connectivity index (χ4n) is 2.52. The molecule has 0 heterocycles. The SMILES string of the molecule is O=C(COC(=O)CCCC(=O)Nc1cc(C(F)(F)F)ccc1Cl)Nc1cccc([N+](=O)[O-])c1. The number of carbonyl (C=O) groups is 3. The van der Waals surface area contributed by atoms with Gasteiger partial charge in [-0.3, -0.25) is 24.5 Å². The van der Waals surface area contributed by atoms with Gasteiger partial charge >= 0.3 is 12.1 Å². The molecule has 0 aliphatic heterocycles. The molecule has 0 saturated carbocycles. The molecular weight excluding hydrogens is 471 g/mol. The monoisotopic (exact) mass is 487 g/mol. The van der Waals surface area contributed by atoms with Crippen LogP contribution in [-0.4, -0.2) is 29.3 Å². The Kier molecular flexibility index (Phi) is 8.74. The van der Waals surface area contributed by atoms with Crippen molar-refractivity contribution in [3.8, 4) is 0 Å². The highest BCUT2D eigenvalue weighted by Crippen LogP contribution is 2.33. The fraction of sp³-hybridized carbons (Fsp3) is 0.250. The normalized spacial score (nSPS) is 10.9. The first-order valence-electron chi connectivity index (χ1n) is 9.32. The number of amides is 2. The summed E-state index contributed by atoms with van der Waals surface area (Å²) in [4.78, 5) is 45.5. The van der Waals surface area contributed by atoms with Gasteiger partial charge in [-0.25, -0.2) is 0 Å². The molecule has 176 valence electrons. The van der Waals surface area contributed by atoms with Gasteiger partial charge in [-0.05, 0) is 30.7 Å². The summed E-state index contributed by atoms with van der Waals surface area (Å²) in [7, 11) is 0. The molecule has 9 nitrogen and oxygen atoms in total. The van der Waals surface area contributed by atoms with Crippen LogP contribution in [0.3, 0.4) is 0 Å². The average Bonchev–Trinajstić information content (AvgIpc) is 2.73. The quantitative estimate of drug-likeness (QED) is 0.303. The number of nitrogens with one attached hydrogen (secondary N) is 2. The van der Waals surface area contributed by atoms with Gasteiger partial charge in [0, 0.05) is 30.7 Å². The van der Waals surface area contributed by atoms with Crippen molar-refractivity contribution in [2.24, 2.45) is 0 Å². The summed E-state index contributed by atoms with van der Waals surface area (Å²) in [6, 6.07) is 7.66. The van der Waals surface area contributed by atoms with E-state index in [2.05, 4.69) is 10.6 Å². The van der Waals surface area contributed by atoms with Crippen LogP contribution < -0.4 is 10.6 Å². The lowest BCUT2D eigenvalue weighted by Crippen LogP contribution is -2.21. The number of esters is 1. The summed E-state index contributed by atoms with van der Waals surface area (Å²) in [5.41, 5.74) is -1.27. The fourth-order valence-corrected chi connectivity index (χ4v) is 2.68. The summed E-state index contributed by atoms with van der Waals surface area (Å²) in [5.74, 6) is -2.16. The first-order chi connectivity index (χ1) is 15.5. The van der Waals surface area contributed by atoms with Crippen LogP contribution in [0.25, 0.3) is 0 Å². The maximum Gasteiger partial charge on any atom is 0.416 e. The van der Waals surface area contributed by atoms with E-state index >= 15 is 0 Å². The minimum Gasteiger partial charge on any atom is -0.456 e. The Balaban J connectivity index is 1.74. The Morgan fingerprint density at radius 1 is 1.03 bits per heavy atom. The van der Waals surface area contributed by atoms with Gasteiger partial charge in [0.2, 0.25) is 5.91 Å². The molecule has 0 unspecified atom stereocenters. The summed E-state index contributed by atoms with van der Waals surface area (Å²) < 4.78 is 43.1. The summed E-state index contributed by atoms with van der Waals surface area (Å²) in [6.45, 7) is -0.645. The maximum absolute atomic E-state index is 12.8. The molecular formula is C20H17ClF3N3O6. The van der Waals surface area contributed by atoms with E-state index in [0.717, 1.165) is 18.2 Å². The van der Waals surface area contributed by atoms with E-state index in [-0.39, 0.29) is 41.3 Å². The number of alkyl halides is 3. The third-order valence-corrected chi connectivity index (χ3v) is 4.39. The largest absolute Gasteiger partial charge is 0.456 e. The van der Waals surface area contributed by atoms with Crippen molar-refractivity contribution in [3.05, 3.63) is 63.2 Å². The first kappa shape index (κ1) is 25.6.